The average Bonchev–Trinajstić information content (AvgIpc) is 2.71. The fraction of sp³-hybridized carbons (Fsp3) is 0.167. The molecule has 0 aliphatic carbocycles. The van der Waals surface area contributed by atoms with Gasteiger partial charge in [-0.2, -0.15) is 10.4 Å². The van der Waals surface area contributed by atoms with Crippen LogP contribution >= 0.6 is 0 Å². The molecule has 0 spiro atoms. The van der Waals surface area contributed by atoms with Gasteiger partial charge in [-0.05, 0) is 12.5 Å². The predicted octanol–water partition coefficient (Wildman–Crippen LogP) is 0.759. The molecule has 0 aliphatic heterocycles. The molecule has 0 saturated carbocycles. The molecule has 98 valence electrons. The van der Waals surface area contributed by atoms with E-state index in [1.165, 1.54) is 10.9 Å². The van der Waals surface area contributed by atoms with Crippen molar-refractivity contribution in [3.63, 3.8) is 0 Å². The maximum atomic E-state index is 11.5. The summed E-state index contributed by atoms with van der Waals surface area (Å²) < 4.78 is 24.3. The Morgan fingerprint density at radius 2 is 2.21 bits per heavy atom. The van der Waals surface area contributed by atoms with Gasteiger partial charge in [0.15, 0.2) is 5.03 Å². The van der Waals surface area contributed by atoms with Crippen molar-refractivity contribution < 1.29 is 8.42 Å². The maximum Gasteiger partial charge on any atom is 0.256 e. The van der Waals surface area contributed by atoms with Crippen molar-refractivity contribution in [1.29, 1.82) is 5.26 Å². The number of sulfonamides is 1. The van der Waals surface area contributed by atoms with Crippen LogP contribution in [0.25, 0.3) is 0 Å². The van der Waals surface area contributed by atoms with E-state index in [0.717, 1.165) is 11.1 Å². The summed E-state index contributed by atoms with van der Waals surface area (Å²) in [5.41, 5.74) is 1.90. The number of rotatable bonds is 3. The molecule has 2 N–H and O–H groups in total. The summed E-state index contributed by atoms with van der Waals surface area (Å²) >= 11 is 0. The zero-order valence-electron chi connectivity index (χ0n) is 10.2. The SMILES string of the molecule is Cc1cccc(Cn2ncc(C#N)c2S(N)(=O)=O)c1. The molecule has 0 saturated heterocycles. The second kappa shape index (κ2) is 4.84. The summed E-state index contributed by atoms with van der Waals surface area (Å²) in [5.74, 6) is 0. The van der Waals surface area contributed by atoms with Gasteiger partial charge in [0.25, 0.3) is 10.0 Å². The molecule has 1 heterocycles. The molecule has 2 aromatic rings. The molecule has 0 unspecified atom stereocenters. The third-order valence-corrected chi connectivity index (χ3v) is 3.57. The summed E-state index contributed by atoms with van der Waals surface area (Å²) in [4.78, 5) is 0. The first-order chi connectivity index (χ1) is 8.91. The van der Waals surface area contributed by atoms with Crippen LogP contribution in [0.3, 0.4) is 0 Å². The molecule has 6 nitrogen and oxygen atoms in total. The highest BCUT2D eigenvalue weighted by molar-refractivity contribution is 7.89. The van der Waals surface area contributed by atoms with E-state index < -0.39 is 10.0 Å². The largest absolute Gasteiger partial charge is 0.256 e. The molecule has 0 bridgehead atoms. The van der Waals surface area contributed by atoms with Gasteiger partial charge in [-0.1, -0.05) is 29.8 Å². The Labute approximate surface area is 111 Å². The zero-order valence-corrected chi connectivity index (χ0v) is 11.1. The lowest BCUT2D eigenvalue weighted by atomic mass is 10.1. The molecular weight excluding hydrogens is 264 g/mol. The van der Waals surface area contributed by atoms with Crippen molar-refractivity contribution >= 4 is 10.0 Å². The smallest absolute Gasteiger partial charge is 0.247 e. The first-order valence-corrected chi connectivity index (χ1v) is 7.00. The second-order valence-electron chi connectivity index (χ2n) is 4.17. The van der Waals surface area contributed by atoms with E-state index in [0.29, 0.717) is 0 Å². The van der Waals surface area contributed by atoms with E-state index in [1.807, 2.05) is 31.2 Å². The Kier molecular flexibility index (Phi) is 3.38. The van der Waals surface area contributed by atoms with E-state index in [9.17, 15) is 8.42 Å². The Morgan fingerprint density at radius 1 is 1.47 bits per heavy atom. The molecule has 0 aliphatic rings. The third-order valence-electron chi connectivity index (χ3n) is 2.60. The first-order valence-electron chi connectivity index (χ1n) is 5.46. The summed E-state index contributed by atoms with van der Waals surface area (Å²) in [5, 5.41) is 17.7. The van der Waals surface area contributed by atoms with Crippen LogP contribution in [0.5, 0.6) is 0 Å². The van der Waals surface area contributed by atoms with Crippen molar-refractivity contribution in [3.8, 4) is 6.07 Å². The van der Waals surface area contributed by atoms with Crippen molar-refractivity contribution in [3.05, 3.63) is 47.2 Å². The Balaban J connectivity index is 2.48. The van der Waals surface area contributed by atoms with Gasteiger partial charge in [0.2, 0.25) is 0 Å². The van der Waals surface area contributed by atoms with Gasteiger partial charge in [0.05, 0.1) is 12.7 Å². The van der Waals surface area contributed by atoms with E-state index in [1.54, 1.807) is 6.07 Å². The number of aryl methyl sites for hydroxylation is 1. The van der Waals surface area contributed by atoms with Crippen molar-refractivity contribution in [2.45, 2.75) is 18.5 Å². The van der Waals surface area contributed by atoms with Crippen LogP contribution in [0.4, 0.5) is 0 Å². The molecule has 0 radical (unpaired) electrons. The summed E-state index contributed by atoms with van der Waals surface area (Å²) in [6.45, 7) is 2.18. The molecule has 0 atom stereocenters. The first kappa shape index (κ1) is 13.3. The Hall–Kier alpha value is -2.17. The number of hydrogen-bond acceptors (Lipinski definition) is 4. The number of primary sulfonamides is 1. The summed E-state index contributed by atoms with van der Waals surface area (Å²) in [6, 6.07) is 9.36. The van der Waals surface area contributed by atoms with Crippen molar-refractivity contribution in [1.82, 2.24) is 9.78 Å². The molecule has 19 heavy (non-hydrogen) atoms. The van der Waals surface area contributed by atoms with Gasteiger partial charge in [0, 0.05) is 0 Å². The highest BCUT2D eigenvalue weighted by atomic mass is 32.2. The highest BCUT2D eigenvalue weighted by Crippen LogP contribution is 2.15. The van der Waals surface area contributed by atoms with E-state index >= 15 is 0 Å². The quantitative estimate of drug-likeness (QED) is 0.893. The normalized spacial score (nSPS) is 11.2. The third kappa shape index (κ3) is 2.81. The van der Waals surface area contributed by atoms with E-state index in [2.05, 4.69) is 5.10 Å². The molecule has 7 heteroatoms. The fourth-order valence-electron chi connectivity index (χ4n) is 1.85. The standard InChI is InChI=1S/C12H12N4O2S/c1-9-3-2-4-10(5-9)8-16-12(19(14,17)18)11(6-13)7-15-16/h2-5,7H,8H2,1H3,(H2,14,17,18). The monoisotopic (exact) mass is 276 g/mol. The van der Waals surface area contributed by atoms with Gasteiger partial charge < -0.3 is 0 Å². The minimum Gasteiger partial charge on any atom is -0.247 e. The number of hydrogen-bond donors (Lipinski definition) is 1. The topological polar surface area (TPSA) is 102 Å². The van der Waals surface area contributed by atoms with Crippen molar-refractivity contribution in [2.75, 3.05) is 0 Å². The van der Waals surface area contributed by atoms with Gasteiger partial charge in [-0.15, -0.1) is 0 Å². The van der Waals surface area contributed by atoms with Gasteiger partial charge in [-0.25, -0.2) is 18.2 Å². The molecule has 0 amide bonds. The predicted molar refractivity (Wildman–Crippen MR) is 68.6 cm³/mol. The average molecular weight is 276 g/mol. The Morgan fingerprint density at radius 3 is 2.79 bits per heavy atom. The molecule has 1 aromatic heterocycles. The Bertz CT molecular complexity index is 756. The van der Waals surface area contributed by atoms with Gasteiger partial charge in [-0.3, -0.25) is 0 Å². The second-order valence-corrected chi connectivity index (χ2v) is 5.64. The molecule has 2 rings (SSSR count). The summed E-state index contributed by atoms with van der Waals surface area (Å²) in [6.07, 6.45) is 1.20. The van der Waals surface area contributed by atoms with Crippen LogP contribution in [-0.2, 0) is 16.6 Å². The maximum absolute atomic E-state index is 11.5. The minimum absolute atomic E-state index is 0.0462. The summed E-state index contributed by atoms with van der Waals surface area (Å²) in [7, 11) is -3.99. The lowest BCUT2D eigenvalue weighted by molar-refractivity contribution is 0.563. The van der Waals surface area contributed by atoms with Crippen LogP contribution < -0.4 is 5.14 Å². The van der Waals surface area contributed by atoms with E-state index in [4.69, 9.17) is 10.4 Å². The minimum atomic E-state index is -3.99. The van der Waals surface area contributed by atoms with Gasteiger partial charge in [0.1, 0.15) is 11.6 Å². The van der Waals surface area contributed by atoms with Crippen LogP contribution in [0, 0.1) is 18.3 Å². The molecule has 1 aromatic carbocycles. The number of nitrogens with zero attached hydrogens (tertiary/aromatic N) is 3. The number of benzene rings is 1. The van der Waals surface area contributed by atoms with Crippen molar-refractivity contribution in [2.24, 2.45) is 5.14 Å². The molecular formula is C12H12N4O2S. The highest BCUT2D eigenvalue weighted by Gasteiger charge is 2.21. The van der Waals surface area contributed by atoms with Gasteiger partial charge >= 0.3 is 0 Å². The van der Waals surface area contributed by atoms with E-state index in [-0.39, 0.29) is 17.1 Å². The molecule has 0 fully saturated rings. The van der Waals surface area contributed by atoms with Crippen LogP contribution in [0.15, 0.2) is 35.5 Å². The van der Waals surface area contributed by atoms with Crippen LogP contribution in [0.1, 0.15) is 16.7 Å². The number of aromatic nitrogens is 2. The number of nitrogens with two attached hydrogens (primary N) is 1. The lowest BCUT2D eigenvalue weighted by Gasteiger charge is -2.07. The van der Waals surface area contributed by atoms with Crippen LogP contribution in [-0.4, -0.2) is 18.2 Å². The number of nitriles is 1. The van der Waals surface area contributed by atoms with Crippen LogP contribution in [0.2, 0.25) is 0 Å². The zero-order chi connectivity index (χ0) is 14.0. The fourth-order valence-corrected chi connectivity index (χ4v) is 2.66. The lowest BCUT2D eigenvalue weighted by Crippen LogP contribution is -2.19.